The predicted octanol–water partition coefficient (Wildman–Crippen LogP) is 2.38. The molecule has 1 aromatic heterocycles. The topological polar surface area (TPSA) is 109 Å². The number of anilines is 1. The molecule has 0 aliphatic heterocycles. The summed E-state index contributed by atoms with van der Waals surface area (Å²) in [6, 6.07) is 7.19. The summed E-state index contributed by atoms with van der Waals surface area (Å²) in [5, 5.41) is 12.7. The van der Waals surface area contributed by atoms with Crippen LogP contribution in [0.25, 0.3) is 0 Å². The fourth-order valence-electron chi connectivity index (χ4n) is 3.27. The van der Waals surface area contributed by atoms with Gasteiger partial charge < -0.3 is 10.6 Å². The van der Waals surface area contributed by atoms with Crippen LogP contribution in [0.1, 0.15) is 49.4 Å². The zero-order valence-corrected chi connectivity index (χ0v) is 16.7. The van der Waals surface area contributed by atoms with Crippen LogP contribution < -0.4 is 16.3 Å². The molecule has 0 spiro atoms. The number of rotatable bonds is 8. The maximum absolute atomic E-state index is 12.6. The number of nitrogens with zero attached hydrogens (tertiary/aromatic N) is 2. The Kier molecular flexibility index (Phi) is 6.91. The summed E-state index contributed by atoms with van der Waals surface area (Å²) < 4.78 is 1.51. The van der Waals surface area contributed by atoms with E-state index in [0.29, 0.717) is 23.0 Å². The first-order chi connectivity index (χ1) is 13.6. The zero-order valence-electron chi connectivity index (χ0n) is 15.9. The second-order valence-electron chi connectivity index (χ2n) is 6.80. The maximum Gasteiger partial charge on any atom is 0.343 e. The molecule has 1 fully saturated rings. The Morgan fingerprint density at radius 2 is 2.04 bits per heavy atom. The Morgan fingerprint density at radius 3 is 2.79 bits per heavy atom. The van der Waals surface area contributed by atoms with E-state index in [1.807, 2.05) is 6.92 Å². The van der Waals surface area contributed by atoms with E-state index in [1.165, 1.54) is 16.3 Å². The number of aromatic amines is 1. The fraction of sp³-hybridized carbons (Fsp3) is 0.474. The number of thioether (sulfide) groups is 1. The van der Waals surface area contributed by atoms with Crippen molar-refractivity contribution >= 4 is 29.3 Å². The summed E-state index contributed by atoms with van der Waals surface area (Å²) in [7, 11) is 0. The Hall–Kier alpha value is -2.55. The van der Waals surface area contributed by atoms with E-state index in [4.69, 9.17) is 0 Å². The number of para-hydroxylation sites is 1. The van der Waals surface area contributed by atoms with Crippen LogP contribution in [0.15, 0.2) is 34.2 Å². The van der Waals surface area contributed by atoms with Crippen molar-refractivity contribution in [2.45, 2.75) is 56.8 Å². The van der Waals surface area contributed by atoms with Gasteiger partial charge in [-0.05, 0) is 31.4 Å². The first kappa shape index (κ1) is 20.2. The number of benzene rings is 1. The molecule has 2 aromatic rings. The number of hydrogen-bond acceptors (Lipinski definition) is 5. The monoisotopic (exact) mass is 403 g/mol. The van der Waals surface area contributed by atoms with E-state index in [9.17, 15) is 14.4 Å². The van der Waals surface area contributed by atoms with Crippen LogP contribution in [0.5, 0.6) is 0 Å². The summed E-state index contributed by atoms with van der Waals surface area (Å²) in [4.78, 5) is 36.7. The molecule has 0 saturated heterocycles. The highest BCUT2D eigenvalue weighted by Gasteiger charge is 2.20. The van der Waals surface area contributed by atoms with Crippen molar-refractivity contribution in [1.29, 1.82) is 0 Å². The second-order valence-corrected chi connectivity index (χ2v) is 7.74. The minimum atomic E-state index is -0.279. The highest BCUT2D eigenvalue weighted by Crippen LogP contribution is 2.21. The van der Waals surface area contributed by atoms with Crippen molar-refractivity contribution in [1.82, 2.24) is 20.1 Å². The van der Waals surface area contributed by atoms with Gasteiger partial charge in [0.05, 0.1) is 17.0 Å². The van der Waals surface area contributed by atoms with Crippen LogP contribution in [0.3, 0.4) is 0 Å². The van der Waals surface area contributed by atoms with Gasteiger partial charge in [-0.2, -0.15) is 0 Å². The molecule has 1 aliphatic carbocycles. The minimum absolute atomic E-state index is 0.0899. The van der Waals surface area contributed by atoms with Crippen LogP contribution in [-0.2, 0) is 11.3 Å². The van der Waals surface area contributed by atoms with Crippen molar-refractivity contribution in [2.24, 2.45) is 0 Å². The van der Waals surface area contributed by atoms with E-state index in [-0.39, 0.29) is 29.3 Å². The van der Waals surface area contributed by atoms with Gasteiger partial charge >= 0.3 is 5.69 Å². The van der Waals surface area contributed by atoms with Gasteiger partial charge in [0.2, 0.25) is 5.91 Å². The first-order valence-corrected chi connectivity index (χ1v) is 10.5. The van der Waals surface area contributed by atoms with Crippen molar-refractivity contribution in [3.63, 3.8) is 0 Å². The molecule has 3 rings (SSSR count). The Morgan fingerprint density at radius 1 is 1.29 bits per heavy atom. The predicted molar refractivity (Wildman–Crippen MR) is 109 cm³/mol. The normalized spacial score (nSPS) is 14.2. The summed E-state index contributed by atoms with van der Waals surface area (Å²) in [6.07, 6.45) is 5.07. The molecule has 0 bridgehead atoms. The largest absolute Gasteiger partial charge is 0.349 e. The minimum Gasteiger partial charge on any atom is -0.349 e. The van der Waals surface area contributed by atoms with Crippen LogP contribution in [0, 0.1) is 0 Å². The summed E-state index contributed by atoms with van der Waals surface area (Å²) >= 11 is 1.18. The highest BCUT2D eigenvalue weighted by molar-refractivity contribution is 7.99. The molecule has 3 N–H and O–H groups in total. The molecule has 0 atom stereocenters. The molecule has 8 nitrogen and oxygen atoms in total. The Labute approximate surface area is 167 Å². The molecule has 1 saturated carbocycles. The lowest BCUT2D eigenvalue weighted by Crippen LogP contribution is -2.33. The number of carbonyl (C=O) groups excluding carboxylic acids is 2. The molecule has 28 heavy (non-hydrogen) atoms. The van der Waals surface area contributed by atoms with Gasteiger partial charge in [0.1, 0.15) is 0 Å². The first-order valence-electron chi connectivity index (χ1n) is 9.56. The van der Waals surface area contributed by atoms with Crippen LogP contribution in [0.2, 0.25) is 0 Å². The number of amides is 2. The lowest BCUT2D eigenvalue weighted by atomic mass is 10.1. The molecular weight excluding hydrogens is 378 g/mol. The third kappa shape index (κ3) is 5.03. The molecule has 9 heteroatoms. The molecular formula is C19H25N5O3S. The third-order valence-corrected chi connectivity index (χ3v) is 5.62. The van der Waals surface area contributed by atoms with Crippen molar-refractivity contribution in [3.8, 4) is 0 Å². The Bertz CT molecular complexity index is 886. The SMILES string of the molecule is CCCn1c(SCC(=O)Nc2ccccc2C(=O)NC2CCCC2)n[nH]c1=O. The van der Waals surface area contributed by atoms with E-state index in [2.05, 4.69) is 20.8 Å². The lowest BCUT2D eigenvalue weighted by Gasteiger charge is -2.15. The quantitative estimate of drug-likeness (QED) is 0.587. The van der Waals surface area contributed by atoms with Gasteiger partial charge in [-0.3, -0.25) is 14.2 Å². The van der Waals surface area contributed by atoms with E-state index in [0.717, 1.165) is 32.1 Å². The van der Waals surface area contributed by atoms with Crippen molar-refractivity contribution in [3.05, 3.63) is 40.3 Å². The molecule has 2 amide bonds. The molecule has 0 radical (unpaired) electrons. The average molecular weight is 404 g/mol. The summed E-state index contributed by atoms with van der Waals surface area (Å²) in [6.45, 7) is 2.51. The van der Waals surface area contributed by atoms with Crippen molar-refractivity contribution in [2.75, 3.05) is 11.1 Å². The molecule has 1 heterocycles. The number of carbonyl (C=O) groups is 2. The standard InChI is InChI=1S/C19H25N5O3S/c1-2-11-24-18(27)22-23-19(24)28-12-16(25)21-15-10-6-5-9-14(15)17(26)20-13-7-3-4-8-13/h5-6,9-10,13H,2-4,7-8,11-12H2,1H3,(H,20,26)(H,21,25)(H,22,27). The smallest absolute Gasteiger partial charge is 0.343 e. The van der Waals surface area contributed by atoms with Gasteiger partial charge in [0, 0.05) is 12.6 Å². The van der Waals surface area contributed by atoms with Crippen LogP contribution in [-0.4, -0.2) is 38.4 Å². The number of H-pyrrole nitrogens is 1. The molecule has 150 valence electrons. The number of hydrogen-bond donors (Lipinski definition) is 3. The van der Waals surface area contributed by atoms with Gasteiger partial charge in [-0.15, -0.1) is 5.10 Å². The molecule has 1 aliphatic rings. The van der Waals surface area contributed by atoms with Crippen LogP contribution >= 0.6 is 11.8 Å². The van der Waals surface area contributed by atoms with E-state index >= 15 is 0 Å². The highest BCUT2D eigenvalue weighted by atomic mass is 32.2. The number of aromatic nitrogens is 3. The van der Waals surface area contributed by atoms with Gasteiger partial charge in [-0.1, -0.05) is 43.7 Å². The molecule has 0 unspecified atom stereocenters. The van der Waals surface area contributed by atoms with E-state index in [1.54, 1.807) is 24.3 Å². The summed E-state index contributed by atoms with van der Waals surface area (Å²) in [5.41, 5.74) is 0.658. The summed E-state index contributed by atoms with van der Waals surface area (Å²) in [5.74, 6) is -0.337. The van der Waals surface area contributed by atoms with Gasteiger partial charge in [-0.25, -0.2) is 9.89 Å². The lowest BCUT2D eigenvalue weighted by molar-refractivity contribution is -0.113. The fourth-order valence-corrected chi connectivity index (χ4v) is 4.05. The van der Waals surface area contributed by atoms with Gasteiger partial charge in [0.15, 0.2) is 5.16 Å². The average Bonchev–Trinajstić information content (AvgIpc) is 3.31. The zero-order chi connectivity index (χ0) is 19.9. The molecule has 1 aromatic carbocycles. The van der Waals surface area contributed by atoms with Gasteiger partial charge in [0.25, 0.3) is 5.91 Å². The number of nitrogens with one attached hydrogen (secondary N) is 3. The third-order valence-electron chi connectivity index (χ3n) is 4.64. The van der Waals surface area contributed by atoms with Crippen molar-refractivity contribution < 1.29 is 9.59 Å². The van der Waals surface area contributed by atoms with Crippen LogP contribution in [0.4, 0.5) is 5.69 Å². The Balaban J connectivity index is 1.61. The van der Waals surface area contributed by atoms with E-state index < -0.39 is 0 Å². The maximum atomic E-state index is 12.6. The second kappa shape index (κ2) is 9.59.